The molecule has 1 heterocycles. The Bertz CT molecular complexity index is 660. The molecule has 118 valence electrons. The number of hydrogen-bond donors (Lipinski definition) is 2. The molecule has 0 unspecified atom stereocenters. The van der Waals surface area contributed by atoms with Gasteiger partial charge in [-0.1, -0.05) is 24.3 Å². The molecule has 0 fully saturated rings. The third-order valence-corrected chi connectivity index (χ3v) is 2.65. The SMILES string of the molecule is O=C(COc1ccccc1)NCC(=O)NN=Cc1cccnc1. The molecule has 1 aromatic carbocycles. The Hall–Kier alpha value is -3.22. The summed E-state index contributed by atoms with van der Waals surface area (Å²) in [6.07, 6.45) is 4.71. The highest BCUT2D eigenvalue weighted by atomic mass is 16.5. The normalized spacial score (nSPS) is 10.3. The van der Waals surface area contributed by atoms with Crippen LogP contribution < -0.4 is 15.5 Å². The molecule has 7 heteroatoms. The zero-order chi connectivity index (χ0) is 16.3. The lowest BCUT2D eigenvalue weighted by Crippen LogP contribution is -2.37. The van der Waals surface area contributed by atoms with Crippen molar-refractivity contribution in [2.75, 3.05) is 13.2 Å². The first kappa shape index (κ1) is 16.2. The van der Waals surface area contributed by atoms with Gasteiger partial charge in [0.1, 0.15) is 5.75 Å². The van der Waals surface area contributed by atoms with Crippen molar-refractivity contribution < 1.29 is 14.3 Å². The number of nitrogens with one attached hydrogen (secondary N) is 2. The van der Waals surface area contributed by atoms with Crippen molar-refractivity contribution >= 4 is 18.0 Å². The maximum atomic E-state index is 11.6. The maximum Gasteiger partial charge on any atom is 0.259 e. The second-order valence-corrected chi connectivity index (χ2v) is 4.46. The minimum absolute atomic E-state index is 0.157. The van der Waals surface area contributed by atoms with Crippen LogP contribution in [0.2, 0.25) is 0 Å². The quantitative estimate of drug-likeness (QED) is 0.582. The number of rotatable bonds is 7. The lowest BCUT2D eigenvalue weighted by atomic mass is 10.3. The van der Waals surface area contributed by atoms with Gasteiger partial charge in [-0.15, -0.1) is 0 Å². The number of amides is 2. The van der Waals surface area contributed by atoms with Gasteiger partial charge in [-0.3, -0.25) is 14.6 Å². The number of nitrogens with zero attached hydrogens (tertiary/aromatic N) is 2. The third kappa shape index (κ3) is 6.38. The highest BCUT2D eigenvalue weighted by molar-refractivity contribution is 5.86. The summed E-state index contributed by atoms with van der Waals surface area (Å²) in [5.41, 5.74) is 3.06. The summed E-state index contributed by atoms with van der Waals surface area (Å²) in [5, 5.41) is 6.21. The number of carbonyl (C=O) groups is 2. The molecule has 23 heavy (non-hydrogen) atoms. The third-order valence-electron chi connectivity index (χ3n) is 2.65. The van der Waals surface area contributed by atoms with Crippen LogP contribution >= 0.6 is 0 Å². The molecule has 2 aromatic rings. The summed E-state index contributed by atoms with van der Waals surface area (Å²) < 4.78 is 5.26. The Balaban J connectivity index is 1.64. The molecule has 0 radical (unpaired) electrons. The van der Waals surface area contributed by atoms with Gasteiger partial charge in [-0.2, -0.15) is 5.10 Å². The highest BCUT2D eigenvalue weighted by Gasteiger charge is 2.05. The van der Waals surface area contributed by atoms with E-state index >= 15 is 0 Å². The van der Waals surface area contributed by atoms with E-state index in [0.717, 1.165) is 5.56 Å². The van der Waals surface area contributed by atoms with Gasteiger partial charge in [-0.25, -0.2) is 5.43 Å². The van der Waals surface area contributed by atoms with E-state index in [1.165, 1.54) is 6.21 Å². The molecule has 2 amide bonds. The Morgan fingerprint density at radius 1 is 1.13 bits per heavy atom. The molecule has 0 atom stereocenters. The first-order chi connectivity index (χ1) is 11.2. The monoisotopic (exact) mass is 312 g/mol. The van der Waals surface area contributed by atoms with Crippen molar-refractivity contribution in [2.24, 2.45) is 5.10 Å². The van der Waals surface area contributed by atoms with Gasteiger partial charge in [0.05, 0.1) is 12.8 Å². The van der Waals surface area contributed by atoms with Gasteiger partial charge in [0.2, 0.25) is 0 Å². The molecule has 0 saturated heterocycles. The van der Waals surface area contributed by atoms with Crippen molar-refractivity contribution in [2.45, 2.75) is 0 Å². The predicted molar refractivity (Wildman–Crippen MR) is 84.9 cm³/mol. The van der Waals surface area contributed by atoms with Gasteiger partial charge >= 0.3 is 0 Å². The van der Waals surface area contributed by atoms with Gasteiger partial charge in [0, 0.05) is 18.0 Å². The Morgan fingerprint density at radius 3 is 2.70 bits per heavy atom. The van der Waals surface area contributed by atoms with E-state index in [1.807, 2.05) is 6.07 Å². The molecule has 1 aromatic heterocycles. The zero-order valence-corrected chi connectivity index (χ0v) is 12.3. The van der Waals surface area contributed by atoms with Crippen LogP contribution in [-0.4, -0.2) is 36.2 Å². The fraction of sp³-hybridized carbons (Fsp3) is 0.125. The van der Waals surface area contributed by atoms with Gasteiger partial charge in [-0.05, 0) is 18.2 Å². The zero-order valence-electron chi connectivity index (χ0n) is 12.3. The van der Waals surface area contributed by atoms with E-state index in [-0.39, 0.29) is 19.1 Å². The summed E-state index contributed by atoms with van der Waals surface area (Å²) in [7, 11) is 0. The van der Waals surface area contributed by atoms with E-state index in [0.29, 0.717) is 5.75 Å². The summed E-state index contributed by atoms with van der Waals surface area (Å²) in [6, 6.07) is 12.5. The Kier molecular flexibility index (Phi) is 6.27. The lowest BCUT2D eigenvalue weighted by molar-refractivity contribution is -0.127. The molecular formula is C16H16N4O3. The number of para-hydroxylation sites is 1. The van der Waals surface area contributed by atoms with Crippen LogP contribution in [0.5, 0.6) is 5.75 Å². The second kappa shape index (κ2) is 8.93. The number of hydrogen-bond acceptors (Lipinski definition) is 5. The van der Waals surface area contributed by atoms with Crippen molar-refractivity contribution in [1.29, 1.82) is 0 Å². The highest BCUT2D eigenvalue weighted by Crippen LogP contribution is 2.07. The average Bonchev–Trinajstić information content (AvgIpc) is 2.60. The van der Waals surface area contributed by atoms with Gasteiger partial charge in [0.15, 0.2) is 6.61 Å². The summed E-state index contributed by atoms with van der Waals surface area (Å²) in [5.74, 6) is -0.230. The molecule has 2 N–H and O–H groups in total. The standard InChI is InChI=1S/C16H16N4O3/c21-15(20-19-10-13-5-4-8-17-9-13)11-18-16(22)12-23-14-6-2-1-3-7-14/h1-10H,11-12H2,(H,18,22)(H,20,21). The van der Waals surface area contributed by atoms with Crippen molar-refractivity contribution in [3.05, 3.63) is 60.4 Å². The number of hydrazone groups is 1. The van der Waals surface area contributed by atoms with Gasteiger partial charge in [0.25, 0.3) is 11.8 Å². The topological polar surface area (TPSA) is 92.7 Å². The number of aromatic nitrogens is 1. The summed E-state index contributed by atoms with van der Waals surface area (Å²) in [6.45, 7) is -0.336. The molecule has 0 aliphatic carbocycles. The number of carbonyl (C=O) groups excluding carboxylic acids is 2. The smallest absolute Gasteiger partial charge is 0.259 e. The molecular weight excluding hydrogens is 296 g/mol. The molecule has 7 nitrogen and oxygen atoms in total. The van der Waals surface area contributed by atoms with Crippen LogP contribution in [0.1, 0.15) is 5.56 Å². The Labute approximate surface area is 133 Å². The second-order valence-electron chi connectivity index (χ2n) is 4.46. The van der Waals surface area contributed by atoms with Crippen molar-refractivity contribution in [1.82, 2.24) is 15.7 Å². The minimum Gasteiger partial charge on any atom is -0.484 e. The lowest BCUT2D eigenvalue weighted by Gasteiger charge is -2.06. The van der Waals surface area contributed by atoms with Crippen LogP contribution in [0.25, 0.3) is 0 Å². The van der Waals surface area contributed by atoms with E-state index in [2.05, 4.69) is 20.8 Å². The van der Waals surface area contributed by atoms with E-state index in [1.54, 1.807) is 48.8 Å². The Morgan fingerprint density at radius 2 is 1.96 bits per heavy atom. The molecule has 0 bridgehead atoms. The minimum atomic E-state index is -0.432. The summed E-state index contributed by atoms with van der Waals surface area (Å²) in [4.78, 5) is 27.0. The van der Waals surface area contributed by atoms with E-state index in [9.17, 15) is 9.59 Å². The maximum absolute atomic E-state index is 11.6. The molecule has 0 aliphatic heterocycles. The van der Waals surface area contributed by atoms with Crippen LogP contribution in [0.4, 0.5) is 0 Å². The van der Waals surface area contributed by atoms with Gasteiger partial charge < -0.3 is 10.1 Å². The fourth-order valence-electron chi connectivity index (χ4n) is 1.57. The largest absolute Gasteiger partial charge is 0.484 e. The van der Waals surface area contributed by atoms with E-state index < -0.39 is 5.91 Å². The number of ether oxygens (including phenoxy) is 1. The van der Waals surface area contributed by atoms with Crippen LogP contribution in [0.15, 0.2) is 60.0 Å². The first-order valence-corrected chi connectivity index (χ1v) is 6.90. The van der Waals surface area contributed by atoms with Crippen LogP contribution in [0.3, 0.4) is 0 Å². The number of benzene rings is 1. The van der Waals surface area contributed by atoms with Crippen LogP contribution in [-0.2, 0) is 9.59 Å². The van der Waals surface area contributed by atoms with Crippen LogP contribution in [0, 0.1) is 0 Å². The molecule has 2 rings (SSSR count). The molecule has 0 spiro atoms. The van der Waals surface area contributed by atoms with E-state index in [4.69, 9.17) is 4.74 Å². The molecule has 0 saturated carbocycles. The fourth-order valence-corrected chi connectivity index (χ4v) is 1.57. The number of pyridine rings is 1. The van der Waals surface area contributed by atoms with Crippen molar-refractivity contribution in [3.8, 4) is 5.75 Å². The first-order valence-electron chi connectivity index (χ1n) is 6.90. The summed E-state index contributed by atoms with van der Waals surface area (Å²) >= 11 is 0. The molecule has 0 aliphatic rings. The average molecular weight is 312 g/mol. The predicted octanol–water partition coefficient (Wildman–Crippen LogP) is 0.727. The van der Waals surface area contributed by atoms with Crippen molar-refractivity contribution in [3.63, 3.8) is 0 Å².